The molecule has 50 valence electrons. The van der Waals surface area contributed by atoms with Gasteiger partial charge in [0.2, 0.25) is 0 Å². The molecule has 9 heavy (non-hydrogen) atoms. The third kappa shape index (κ3) is 1.09. The van der Waals surface area contributed by atoms with E-state index >= 15 is 0 Å². The molecule has 0 unspecified atom stereocenters. The van der Waals surface area contributed by atoms with Crippen LogP contribution in [0.15, 0.2) is 0 Å². The second-order valence-electron chi connectivity index (χ2n) is 1.76. The van der Waals surface area contributed by atoms with Crippen molar-refractivity contribution in [3.63, 3.8) is 0 Å². The molecular weight excluding hydrogens is 138 g/mol. The summed E-state index contributed by atoms with van der Waals surface area (Å²) in [7, 11) is 1.44. The molecule has 4 heteroatoms. The van der Waals surface area contributed by atoms with E-state index in [1.807, 2.05) is 0 Å². The summed E-state index contributed by atoms with van der Waals surface area (Å²) in [6, 6.07) is 0. The van der Waals surface area contributed by atoms with Crippen molar-refractivity contribution in [2.75, 3.05) is 7.11 Å². The molecule has 0 aromatic rings. The van der Waals surface area contributed by atoms with Crippen molar-refractivity contribution in [2.45, 2.75) is 12.8 Å². The number of amides is 1. The predicted octanol–water partition coefficient (Wildman–Crippen LogP) is 0.498. The molecule has 1 heterocycles. The van der Waals surface area contributed by atoms with Gasteiger partial charge in [0.1, 0.15) is 4.99 Å². The van der Waals surface area contributed by atoms with Gasteiger partial charge in [-0.1, -0.05) is 12.2 Å². The molecule has 0 spiro atoms. The van der Waals surface area contributed by atoms with Gasteiger partial charge in [-0.25, -0.2) is 0 Å². The fraction of sp³-hybridized carbons (Fsp3) is 0.600. The van der Waals surface area contributed by atoms with Crippen molar-refractivity contribution < 1.29 is 9.63 Å². The number of carbonyl (C=O) groups is 1. The molecule has 3 nitrogen and oxygen atoms in total. The molecule has 1 saturated heterocycles. The van der Waals surface area contributed by atoms with Gasteiger partial charge in [-0.2, -0.15) is 5.06 Å². The summed E-state index contributed by atoms with van der Waals surface area (Å²) in [5.74, 6) is -0.0394. The first-order valence-electron chi connectivity index (χ1n) is 2.65. The summed E-state index contributed by atoms with van der Waals surface area (Å²) in [6.45, 7) is 0. The molecule has 0 atom stereocenters. The van der Waals surface area contributed by atoms with Gasteiger partial charge in [-0.15, -0.1) is 0 Å². The summed E-state index contributed by atoms with van der Waals surface area (Å²) >= 11 is 4.80. The average Bonchev–Trinajstić information content (AvgIpc) is 2.12. The van der Waals surface area contributed by atoms with E-state index in [2.05, 4.69) is 4.84 Å². The SMILES string of the molecule is CON1C(=O)CCC1=S. The Bertz CT molecular complexity index is 141. The molecule has 1 rings (SSSR count). The van der Waals surface area contributed by atoms with Gasteiger partial charge in [0.25, 0.3) is 5.91 Å². The first-order chi connectivity index (χ1) is 4.25. The molecule has 0 aliphatic carbocycles. The van der Waals surface area contributed by atoms with E-state index in [0.717, 1.165) is 5.06 Å². The second kappa shape index (κ2) is 2.41. The van der Waals surface area contributed by atoms with E-state index < -0.39 is 0 Å². The summed E-state index contributed by atoms with van der Waals surface area (Å²) in [5, 5.41) is 1.16. The zero-order chi connectivity index (χ0) is 6.85. The van der Waals surface area contributed by atoms with Crippen LogP contribution in [0.2, 0.25) is 0 Å². The first-order valence-corrected chi connectivity index (χ1v) is 3.06. The minimum absolute atomic E-state index is 0.0394. The van der Waals surface area contributed by atoms with Gasteiger partial charge in [0, 0.05) is 12.8 Å². The molecule has 0 bridgehead atoms. The maximum atomic E-state index is 10.7. The number of nitrogens with zero attached hydrogens (tertiary/aromatic N) is 1. The smallest absolute Gasteiger partial charge is 0.251 e. The number of carbonyl (C=O) groups excluding carboxylic acids is 1. The molecule has 0 N–H and O–H groups in total. The molecule has 0 radical (unpaired) electrons. The highest BCUT2D eigenvalue weighted by atomic mass is 32.1. The highest BCUT2D eigenvalue weighted by Crippen LogP contribution is 2.12. The summed E-state index contributed by atoms with van der Waals surface area (Å²) in [6.07, 6.45) is 1.15. The maximum absolute atomic E-state index is 10.7. The molecule has 1 aliphatic heterocycles. The van der Waals surface area contributed by atoms with Crippen LogP contribution in [0.3, 0.4) is 0 Å². The van der Waals surface area contributed by atoms with Gasteiger partial charge in [0.15, 0.2) is 0 Å². The van der Waals surface area contributed by atoms with Crippen molar-refractivity contribution in [3.05, 3.63) is 0 Å². The van der Waals surface area contributed by atoms with Crippen LogP contribution in [0.1, 0.15) is 12.8 Å². The third-order valence-electron chi connectivity index (χ3n) is 1.19. The predicted molar refractivity (Wildman–Crippen MR) is 35.7 cm³/mol. The van der Waals surface area contributed by atoms with E-state index in [0.29, 0.717) is 17.8 Å². The Hall–Kier alpha value is -0.480. The van der Waals surface area contributed by atoms with Crippen LogP contribution in [-0.4, -0.2) is 23.1 Å². The van der Waals surface area contributed by atoms with E-state index in [1.165, 1.54) is 7.11 Å². The van der Waals surface area contributed by atoms with E-state index in [4.69, 9.17) is 12.2 Å². The number of hydroxylamine groups is 2. The Morgan fingerprint density at radius 1 is 1.67 bits per heavy atom. The highest BCUT2D eigenvalue weighted by Gasteiger charge is 2.25. The van der Waals surface area contributed by atoms with Crippen LogP contribution in [0.5, 0.6) is 0 Å². The Morgan fingerprint density at radius 3 is 2.56 bits per heavy atom. The lowest BCUT2D eigenvalue weighted by Gasteiger charge is -2.09. The van der Waals surface area contributed by atoms with Gasteiger partial charge in [0.05, 0.1) is 7.11 Å². The maximum Gasteiger partial charge on any atom is 0.251 e. The summed E-state index contributed by atoms with van der Waals surface area (Å²) in [5.41, 5.74) is 0. The lowest BCUT2D eigenvalue weighted by molar-refractivity contribution is -0.151. The Labute approximate surface area is 58.5 Å². The van der Waals surface area contributed by atoms with Crippen LogP contribution in [0.4, 0.5) is 0 Å². The minimum Gasteiger partial charge on any atom is -0.272 e. The summed E-state index contributed by atoms with van der Waals surface area (Å²) < 4.78 is 0. The normalized spacial score (nSPS) is 19.4. The van der Waals surface area contributed by atoms with Crippen molar-refractivity contribution in [3.8, 4) is 0 Å². The minimum atomic E-state index is -0.0394. The Kier molecular flexibility index (Phi) is 1.78. The standard InChI is InChI=1S/C5H7NO2S/c1-8-6-4(7)2-3-5(6)9/h2-3H2,1H3. The second-order valence-corrected chi connectivity index (χ2v) is 2.24. The number of hydrogen-bond donors (Lipinski definition) is 0. The fourth-order valence-corrected chi connectivity index (χ4v) is 1.04. The molecule has 0 saturated carbocycles. The van der Waals surface area contributed by atoms with Crippen molar-refractivity contribution in [2.24, 2.45) is 0 Å². The van der Waals surface area contributed by atoms with E-state index in [9.17, 15) is 4.79 Å². The topological polar surface area (TPSA) is 29.5 Å². The van der Waals surface area contributed by atoms with Crippen LogP contribution >= 0.6 is 12.2 Å². The van der Waals surface area contributed by atoms with Crippen LogP contribution in [0, 0.1) is 0 Å². The van der Waals surface area contributed by atoms with Gasteiger partial charge >= 0.3 is 0 Å². The molecule has 1 amide bonds. The third-order valence-corrected chi connectivity index (χ3v) is 1.56. The lowest BCUT2D eigenvalue weighted by Crippen LogP contribution is -2.26. The zero-order valence-electron chi connectivity index (χ0n) is 5.09. The Morgan fingerprint density at radius 2 is 2.33 bits per heavy atom. The quantitative estimate of drug-likeness (QED) is 0.503. The van der Waals surface area contributed by atoms with Crippen molar-refractivity contribution in [1.82, 2.24) is 5.06 Å². The molecule has 0 aromatic carbocycles. The van der Waals surface area contributed by atoms with E-state index in [-0.39, 0.29) is 5.91 Å². The number of rotatable bonds is 1. The number of thiocarbonyl (C=S) groups is 1. The fourth-order valence-electron chi connectivity index (χ4n) is 0.760. The summed E-state index contributed by atoms with van der Waals surface area (Å²) in [4.78, 5) is 16.0. The highest BCUT2D eigenvalue weighted by molar-refractivity contribution is 7.80. The van der Waals surface area contributed by atoms with Crippen molar-refractivity contribution >= 4 is 23.1 Å². The largest absolute Gasteiger partial charge is 0.272 e. The Balaban J connectivity index is 2.66. The molecule has 1 fully saturated rings. The van der Waals surface area contributed by atoms with Gasteiger partial charge < -0.3 is 0 Å². The van der Waals surface area contributed by atoms with Gasteiger partial charge in [-0.05, 0) is 0 Å². The van der Waals surface area contributed by atoms with Gasteiger partial charge in [-0.3, -0.25) is 9.63 Å². The molecule has 0 aromatic heterocycles. The average molecular weight is 145 g/mol. The monoisotopic (exact) mass is 145 g/mol. The van der Waals surface area contributed by atoms with Crippen LogP contribution in [-0.2, 0) is 9.63 Å². The van der Waals surface area contributed by atoms with E-state index in [1.54, 1.807) is 0 Å². The number of hydrogen-bond acceptors (Lipinski definition) is 3. The van der Waals surface area contributed by atoms with Crippen LogP contribution in [0.25, 0.3) is 0 Å². The first kappa shape index (κ1) is 6.64. The van der Waals surface area contributed by atoms with Crippen LogP contribution < -0.4 is 0 Å². The molecule has 1 aliphatic rings. The zero-order valence-corrected chi connectivity index (χ0v) is 5.90. The van der Waals surface area contributed by atoms with Crippen molar-refractivity contribution in [1.29, 1.82) is 0 Å². The molecular formula is C5H7NO2S. The lowest BCUT2D eigenvalue weighted by atomic mass is 10.4.